The highest BCUT2D eigenvalue weighted by Gasteiger charge is 2.30. The van der Waals surface area contributed by atoms with E-state index >= 15 is 0 Å². The number of benzene rings is 2. The fraction of sp³-hybridized carbons (Fsp3) is 0.250. The highest BCUT2D eigenvalue weighted by Crippen LogP contribution is 2.30. The van der Waals surface area contributed by atoms with Gasteiger partial charge in [0, 0.05) is 6.54 Å². The van der Waals surface area contributed by atoms with Crippen molar-refractivity contribution in [1.29, 1.82) is 0 Å². The van der Waals surface area contributed by atoms with Crippen molar-refractivity contribution in [2.45, 2.75) is 32.9 Å². The van der Waals surface area contributed by atoms with Crippen LogP contribution in [0.3, 0.4) is 0 Å². The minimum absolute atomic E-state index is 0.698. The number of imidazole rings is 1. The lowest BCUT2D eigenvalue weighted by molar-refractivity contribution is 0.0932. The first kappa shape index (κ1) is 15.5. The lowest BCUT2D eigenvalue weighted by Gasteiger charge is -2.26. The minimum Gasteiger partial charge on any atom is -0.379 e. The number of aliphatic hydroxyl groups is 1. The van der Waals surface area contributed by atoms with E-state index in [-0.39, 0.29) is 0 Å². The zero-order chi connectivity index (χ0) is 16.4. The van der Waals surface area contributed by atoms with E-state index in [1.54, 1.807) is 6.20 Å². The molecule has 1 aromatic heterocycles. The number of aryl methyl sites for hydroxylation is 2. The van der Waals surface area contributed by atoms with Gasteiger partial charge in [-0.05, 0) is 31.9 Å². The molecule has 2 aromatic carbocycles. The van der Waals surface area contributed by atoms with Gasteiger partial charge in [0.05, 0.1) is 11.9 Å². The van der Waals surface area contributed by atoms with Gasteiger partial charge in [0.15, 0.2) is 0 Å². The molecule has 0 saturated heterocycles. The van der Waals surface area contributed by atoms with Gasteiger partial charge in [0.25, 0.3) is 0 Å². The summed E-state index contributed by atoms with van der Waals surface area (Å²) in [6.45, 7) is 6.54. The average molecular weight is 306 g/mol. The van der Waals surface area contributed by atoms with Crippen LogP contribution in [0.2, 0.25) is 0 Å². The first-order chi connectivity index (χ1) is 11.0. The summed E-state index contributed by atoms with van der Waals surface area (Å²) in [6.07, 6.45) is 1.78. The lowest BCUT2D eigenvalue weighted by atomic mass is 9.91. The monoisotopic (exact) mass is 306 g/mol. The van der Waals surface area contributed by atoms with Crippen molar-refractivity contribution in [3.8, 4) is 0 Å². The average Bonchev–Trinajstić information content (AvgIpc) is 2.90. The Morgan fingerprint density at radius 1 is 1.04 bits per heavy atom. The molecule has 0 aliphatic carbocycles. The van der Waals surface area contributed by atoms with Crippen molar-refractivity contribution in [3.63, 3.8) is 0 Å². The smallest absolute Gasteiger partial charge is 0.128 e. The highest BCUT2D eigenvalue weighted by atomic mass is 16.3. The van der Waals surface area contributed by atoms with Gasteiger partial charge in [0.1, 0.15) is 11.4 Å². The molecule has 0 aliphatic rings. The number of hydrogen-bond acceptors (Lipinski definition) is 2. The van der Waals surface area contributed by atoms with Crippen LogP contribution in [0.1, 0.15) is 35.1 Å². The van der Waals surface area contributed by atoms with Crippen molar-refractivity contribution in [1.82, 2.24) is 9.55 Å². The van der Waals surface area contributed by atoms with Gasteiger partial charge in [-0.3, -0.25) is 0 Å². The Kier molecular flexibility index (Phi) is 4.05. The Bertz CT molecular complexity index is 804. The summed E-state index contributed by atoms with van der Waals surface area (Å²) in [5, 5.41) is 11.2. The molecule has 0 amide bonds. The number of nitrogens with zero attached hydrogens (tertiary/aromatic N) is 2. The number of rotatable bonds is 4. The van der Waals surface area contributed by atoms with Gasteiger partial charge in [-0.25, -0.2) is 4.98 Å². The molecule has 1 unspecified atom stereocenters. The van der Waals surface area contributed by atoms with E-state index in [1.165, 1.54) is 5.56 Å². The molecule has 0 spiro atoms. The van der Waals surface area contributed by atoms with Crippen molar-refractivity contribution in [2.75, 3.05) is 0 Å². The fourth-order valence-corrected chi connectivity index (χ4v) is 2.92. The number of aromatic nitrogens is 2. The van der Waals surface area contributed by atoms with Crippen LogP contribution in [0.25, 0.3) is 0 Å². The summed E-state index contributed by atoms with van der Waals surface area (Å²) in [6, 6.07) is 18.2. The van der Waals surface area contributed by atoms with Crippen LogP contribution in [-0.4, -0.2) is 14.7 Å². The maximum atomic E-state index is 11.2. The van der Waals surface area contributed by atoms with Crippen LogP contribution < -0.4 is 0 Å². The van der Waals surface area contributed by atoms with Crippen molar-refractivity contribution < 1.29 is 5.11 Å². The van der Waals surface area contributed by atoms with E-state index in [4.69, 9.17) is 0 Å². The molecule has 0 aliphatic heterocycles. The minimum atomic E-state index is -1.08. The molecule has 3 heteroatoms. The van der Waals surface area contributed by atoms with E-state index in [0.717, 1.165) is 22.6 Å². The molecule has 3 nitrogen and oxygen atoms in total. The van der Waals surface area contributed by atoms with Crippen molar-refractivity contribution >= 4 is 0 Å². The van der Waals surface area contributed by atoms with E-state index < -0.39 is 5.60 Å². The van der Waals surface area contributed by atoms with Gasteiger partial charge in [-0.1, -0.05) is 60.2 Å². The Balaban J connectivity index is 2.03. The standard InChI is InChI=1S/C20H22N2O/c1-15-8-7-11-18(12-15)20(3,23)19-13-21-16(2)22(19)14-17-9-5-4-6-10-17/h4-13,23H,14H2,1-3H3. The van der Waals surface area contributed by atoms with Crippen LogP contribution >= 0.6 is 0 Å². The third-order valence-corrected chi connectivity index (χ3v) is 4.32. The molecule has 0 bridgehead atoms. The second-order valence-corrected chi connectivity index (χ2v) is 6.20. The quantitative estimate of drug-likeness (QED) is 0.796. The van der Waals surface area contributed by atoms with Crippen LogP contribution in [0.15, 0.2) is 60.8 Å². The SMILES string of the molecule is Cc1cccc(C(C)(O)c2cnc(C)n2Cc2ccccc2)c1. The predicted octanol–water partition coefficient (Wildman–Crippen LogP) is 3.80. The Morgan fingerprint density at radius 3 is 2.48 bits per heavy atom. The van der Waals surface area contributed by atoms with Crippen LogP contribution in [-0.2, 0) is 12.1 Å². The lowest BCUT2D eigenvalue weighted by Crippen LogP contribution is -2.27. The summed E-state index contributed by atoms with van der Waals surface area (Å²) >= 11 is 0. The molecule has 0 fully saturated rings. The van der Waals surface area contributed by atoms with Gasteiger partial charge >= 0.3 is 0 Å². The second-order valence-electron chi connectivity index (χ2n) is 6.20. The summed E-state index contributed by atoms with van der Waals surface area (Å²) < 4.78 is 2.08. The molecule has 1 atom stereocenters. The molecule has 3 aromatic rings. The van der Waals surface area contributed by atoms with E-state index in [1.807, 2.05) is 63.2 Å². The summed E-state index contributed by atoms with van der Waals surface area (Å²) in [5.41, 5.74) is 2.93. The normalized spacial score (nSPS) is 13.7. The Labute approximate surface area is 137 Å². The van der Waals surface area contributed by atoms with Gasteiger partial charge in [-0.15, -0.1) is 0 Å². The van der Waals surface area contributed by atoms with Gasteiger partial charge < -0.3 is 9.67 Å². The zero-order valence-electron chi connectivity index (χ0n) is 13.8. The van der Waals surface area contributed by atoms with Crippen molar-refractivity contribution in [2.24, 2.45) is 0 Å². The summed E-state index contributed by atoms with van der Waals surface area (Å²) in [5.74, 6) is 0.900. The second kappa shape index (κ2) is 6.01. The van der Waals surface area contributed by atoms with Gasteiger partial charge in [-0.2, -0.15) is 0 Å². The third kappa shape index (κ3) is 3.06. The molecular weight excluding hydrogens is 284 g/mol. The molecular formula is C20H22N2O. The van der Waals surface area contributed by atoms with E-state index in [0.29, 0.717) is 6.54 Å². The van der Waals surface area contributed by atoms with Crippen LogP contribution in [0.5, 0.6) is 0 Å². The maximum absolute atomic E-state index is 11.2. The molecule has 0 radical (unpaired) electrons. The Morgan fingerprint density at radius 2 is 1.78 bits per heavy atom. The van der Waals surface area contributed by atoms with E-state index in [2.05, 4.69) is 21.7 Å². The molecule has 3 rings (SSSR count). The van der Waals surface area contributed by atoms with E-state index in [9.17, 15) is 5.11 Å². The third-order valence-electron chi connectivity index (χ3n) is 4.32. The summed E-state index contributed by atoms with van der Waals surface area (Å²) in [7, 11) is 0. The van der Waals surface area contributed by atoms with Crippen LogP contribution in [0, 0.1) is 13.8 Å². The Hall–Kier alpha value is -2.39. The molecule has 1 N–H and O–H groups in total. The zero-order valence-corrected chi connectivity index (χ0v) is 13.8. The van der Waals surface area contributed by atoms with Crippen molar-refractivity contribution in [3.05, 3.63) is 89.0 Å². The molecule has 23 heavy (non-hydrogen) atoms. The number of hydrogen-bond donors (Lipinski definition) is 1. The van der Waals surface area contributed by atoms with Crippen LogP contribution in [0.4, 0.5) is 0 Å². The van der Waals surface area contributed by atoms with Gasteiger partial charge in [0.2, 0.25) is 0 Å². The predicted molar refractivity (Wildman–Crippen MR) is 92.4 cm³/mol. The highest BCUT2D eigenvalue weighted by molar-refractivity contribution is 5.34. The first-order valence-corrected chi connectivity index (χ1v) is 7.84. The fourth-order valence-electron chi connectivity index (χ4n) is 2.92. The largest absolute Gasteiger partial charge is 0.379 e. The maximum Gasteiger partial charge on any atom is 0.128 e. The topological polar surface area (TPSA) is 38.1 Å². The first-order valence-electron chi connectivity index (χ1n) is 7.84. The summed E-state index contributed by atoms with van der Waals surface area (Å²) in [4.78, 5) is 4.43. The molecule has 118 valence electrons. The molecule has 0 saturated carbocycles. The molecule has 1 heterocycles.